The molecule has 0 spiro atoms. The minimum absolute atomic E-state index is 0.0184. The molecule has 2 amide bonds. The number of nitrogens with one attached hydrogen (secondary N) is 1. The molecule has 0 unspecified atom stereocenters. The van der Waals surface area contributed by atoms with Crippen LogP contribution in [0.5, 0.6) is 0 Å². The first-order chi connectivity index (χ1) is 13.2. The van der Waals surface area contributed by atoms with E-state index in [-0.39, 0.29) is 24.3 Å². The molecule has 1 aliphatic heterocycles. The molecule has 28 heavy (non-hydrogen) atoms. The summed E-state index contributed by atoms with van der Waals surface area (Å²) in [5.41, 5.74) is -0.263. The van der Waals surface area contributed by atoms with E-state index >= 15 is 0 Å². The Hall–Kier alpha value is -2.05. The quantitative estimate of drug-likeness (QED) is 0.795. The van der Waals surface area contributed by atoms with Gasteiger partial charge in [-0.2, -0.15) is 13.2 Å². The maximum absolute atomic E-state index is 13.1. The number of carbonyl (C=O) groups is 2. The van der Waals surface area contributed by atoms with Gasteiger partial charge in [-0.3, -0.25) is 9.59 Å². The van der Waals surface area contributed by atoms with Crippen molar-refractivity contribution in [1.82, 2.24) is 10.2 Å². The third-order valence-electron chi connectivity index (χ3n) is 5.56. The summed E-state index contributed by atoms with van der Waals surface area (Å²) in [6.07, 6.45) is -1.89. The average Bonchev–Trinajstić information content (AvgIpc) is 3.38. The van der Waals surface area contributed by atoms with E-state index in [1.54, 1.807) is 11.0 Å². The standard InChI is InChI=1S/C21H27F3N2O2/c1-13(2)8-9-25-19(27)18-12-26(20(28)14-6-7-14)11-17(18)15-4-3-5-16(10-15)21(22,23)24/h3-5,10,13-14,17-18H,6-9,11-12H2,1-2H3,(H,25,27)/t17-,18+/m1/s1. The predicted molar refractivity (Wildman–Crippen MR) is 99.4 cm³/mol. The summed E-state index contributed by atoms with van der Waals surface area (Å²) < 4.78 is 39.4. The molecular weight excluding hydrogens is 369 g/mol. The number of amides is 2. The molecule has 7 heteroatoms. The van der Waals surface area contributed by atoms with Gasteiger partial charge in [0.2, 0.25) is 11.8 Å². The third kappa shape index (κ3) is 4.86. The largest absolute Gasteiger partial charge is 0.416 e. The van der Waals surface area contributed by atoms with Crippen molar-refractivity contribution in [3.05, 3.63) is 35.4 Å². The molecule has 0 aromatic heterocycles. The molecule has 1 aromatic rings. The summed E-state index contributed by atoms with van der Waals surface area (Å²) in [7, 11) is 0. The van der Waals surface area contributed by atoms with Crippen LogP contribution in [-0.4, -0.2) is 36.3 Å². The summed E-state index contributed by atoms with van der Waals surface area (Å²) in [6.45, 7) is 5.20. The molecule has 1 N–H and O–H groups in total. The summed E-state index contributed by atoms with van der Waals surface area (Å²) in [4.78, 5) is 26.9. The van der Waals surface area contributed by atoms with Gasteiger partial charge in [-0.25, -0.2) is 0 Å². The minimum atomic E-state index is -4.44. The molecule has 2 fully saturated rings. The summed E-state index contributed by atoms with van der Waals surface area (Å²) in [6, 6.07) is 5.14. The molecule has 1 aromatic carbocycles. The van der Waals surface area contributed by atoms with Gasteiger partial charge in [0.25, 0.3) is 0 Å². The fourth-order valence-electron chi connectivity index (χ4n) is 3.74. The Morgan fingerprint density at radius 3 is 2.54 bits per heavy atom. The Morgan fingerprint density at radius 2 is 1.93 bits per heavy atom. The molecule has 3 rings (SSSR count). The van der Waals surface area contributed by atoms with Gasteiger partial charge in [0.15, 0.2) is 0 Å². The van der Waals surface area contributed by atoms with Crippen molar-refractivity contribution < 1.29 is 22.8 Å². The van der Waals surface area contributed by atoms with Crippen molar-refractivity contribution in [1.29, 1.82) is 0 Å². The van der Waals surface area contributed by atoms with Crippen LogP contribution in [0.15, 0.2) is 24.3 Å². The van der Waals surface area contributed by atoms with Crippen LogP contribution in [0.25, 0.3) is 0 Å². The molecule has 1 saturated heterocycles. The van der Waals surface area contributed by atoms with Crippen molar-refractivity contribution in [3.63, 3.8) is 0 Å². The van der Waals surface area contributed by atoms with Crippen molar-refractivity contribution in [2.24, 2.45) is 17.8 Å². The lowest BCUT2D eigenvalue weighted by Crippen LogP contribution is -2.36. The van der Waals surface area contributed by atoms with Crippen molar-refractivity contribution in [2.75, 3.05) is 19.6 Å². The lowest BCUT2D eigenvalue weighted by atomic mass is 9.87. The topological polar surface area (TPSA) is 49.4 Å². The summed E-state index contributed by atoms with van der Waals surface area (Å²) >= 11 is 0. The highest BCUT2D eigenvalue weighted by atomic mass is 19.4. The first-order valence-corrected chi connectivity index (χ1v) is 9.90. The van der Waals surface area contributed by atoms with Crippen LogP contribution < -0.4 is 5.32 Å². The van der Waals surface area contributed by atoms with Gasteiger partial charge in [-0.1, -0.05) is 32.0 Å². The molecule has 4 nitrogen and oxygen atoms in total. The van der Waals surface area contributed by atoms with E-state index < -0.39 is 23.6 Å². The number of alkyl halides is 3. The zero-order chi connectivity index (χ0) is 20.5. The van der Waals surface area contributed by atoms with Gasteiger partial charge >= 0.3 is 6.18 Å². The van der Waals surface area contributed by atoms with E-state index in [2.05, 4.69) is 19.2 Å². The Balaban J connectivity index is 1.80. The first-order valence-electron chi connectivity index (χ1n) is 9.90. The lowest BCUT2D eigenvalue weighted by molar-refractivity contribution is -0.137. The number of rotatable bonds is 6. The van der Waals surface area contributed by atoms with Gasteiger partial charge in [-0.15, -0.1) is 0 Å². The molecule has 1 aliphatic carbocycles. The molecule has 2 aliphatic rings. The van der Waals surface area contributed by atoms with E-state index in [1.807, 2.05) is 0 Å². The van der Waals surface area contributed by atoms with Gasteiger partial charge in [-0.05, 0) is 36.8 Å². The number of hydrogen-bond donors (Lipinski definition) is 1. The zero-order valence-electron chi connectivity index (χ0n) is 16.3. The number of likely N-dealkylation sites (tertiary alicyclic amines) is 1. The van der Waals surface area contributed by atoms with Gasteiger partial charge in [0, 0.05) is 31.5 Å². The van der Waals surface area contributed by atoms with Crippen LogP contribution in [0.2, 0.25) is 0 Å². The summed E-state index contributed by atoms with van der Waals surface area (Å²) in [5.74, 6) is -0.660. The second-order valence-corrected chi connectivity index (χ2v) is 8.33. The second-order valence-electron chi connectivity index (χ2n) is 8.33. The molecule has 1 heterocycles. The third-order valence-corrected chi connectivity index (χ3v) is 5.56. The predicted octanol–water partition coefficient (Wildman–Crippen LogP) is 3.82. The number of nitrogens with zero attached hydrogens (tertiary/aromatic N) is 1. The number of benzene rings is 1. The number of hydrogen-bond acceptors (Lipinski definition) is 2. The van der Waals surface area contributed by atoms with Crippen molar-refractivity contribution >= 4 is 11.8 Å². The molecule has 1 saturated carbocycles. The van der Waals surface area contributed by atoms with Crippen molar-refractivity contribution in [3.8, 4) is 0 Å². The maximum atomic E-state index is 13.1. The van der Waals surface area contributed by atoms with Gasteiger partial charge in [0.1, 0.15) is 0 Å². The van der Waals surface area contributed by atoms with E-state index in [1.165, 1.54) is 6.07 Å². The fraction of sp³-hybridized carbons (Fsp3) is 0.619. The number of carbonyl (C=O) groups excluding carboxylic acids is 2. The van der Waals surface area contributed by atoms with Crippen LogP contribution in [0.3, 0.4) is 0 Å². The van der Waals surface area contributed by atoms with Crippen LogP contribution in [0.1, 0.15) is 50.2 Å². The van der Waals surface area contributed by atoms with Crippen molar-refractivity contribution in [2.45, 2.75) is 45.2 Å². The first kappa shape index (κ1) is 20.7. The van der Waals surface area contributed by atoms with E-state index in [4.69, 9.17) is 0 Å². The second kappa shape index (κ2) is 8.13. The van der Waals surface area contributed by atoms with Crippen LogP contribution in [0, 0.1) is 17.8 Å². The SMILES string of the molecule is CC(C)CCNC(=O)[C@H]1CN(C(=O)C2CC2)C[C@@H]1c1cccc(C(F)(F)F)c1. The van der Waals surface area contributed by atoms with Crippen LogP contribution in [-0.2, 0) is 15.8 Å². The smallest absolute Gasteiger partial charge is 0.356 e. The maximum Gasteiger partial charge on any atom is 0.416 e. The highest BCUT2D eigenvalue weighted by molar-refractivity contribution is 5.85. The highest BCUT2D eigenvalue weighted by Gasteiger charge is 2.44. The van der Waals surface area contributed by atoms with E-state index in [0.29, 0.717) is 24.6 Å². The molecule has 0 bridgehead atoms. The fourth-order valence-corrected chi connectivity index (χ4v) is 3.74. The Bertz CT molecular complexity index is 729. The van der Waals surface area contributed by atoms with Crippen LogP contribution in [0.4, 0.5) is 13.2 Å². The highest BCUT2D eigenvalue weighted by Crippen LogP contribution is 2.39. The van der Waals surface area contributed by atoms with Crippen LogP contribution >= 0.6 is 0 Å². The average molecular weight is 396 g/mol. The Kier molecular flexibility index (Phi) is 6.01. The molecule has 2 atom stereocenters. The summed E-state index contributed by atoms with van der Waals surface area (Å²) in [5, 5.41) is 2.91. The Morgan fingerprint density at radius 1 is 1.21 bits per heavy atom. The molecule has 154 valence electrons. The monoisotopic (exact) mass is 396 g/mol. The van der Waals surface area contributed by atoms with Gasteiger partial charge < -0.3 is 10.2 Å². The van der Waals surface area contributed by atoms with Gasteiger partial charge in [0.05, 0.1) is 11.5 Å². The zero-order valence-corrected chi connectivity index (χ0v) is 16.3. The van der Waals surface area contributed by atoms with E-state index in [0.717, 1.165) is 31.4 Å². The lowest BCUT2D eigenvalue weighted by Gasteiger charge is -2.19. The minimum Gasteiger partial charge on any atom is -0.356 e. The number of halogens is 3. The normalized spacial score (nSPS) is 22.6. The molecular formula is C21H27F3N2O2. The Labute approximate surface area is 163 Å². The molecule has 0 radical (unpaired) electrons. The van der Waals surface area contributed by atoms with E-state index in [9.17, 15) is 22.8 Å².